The zero-order valence-corrected chi connectivity index (χ0v) is 11.9. The molecule has 0 spiro atoms. The molecule has 7 nitrogen and oxygen atoms in total. The molecule has 0 atom stereocenters. The van der Waals surface area contributed by atoms with Crippen molar-refractivity contribution in [1.82, 2.24) is 5.16 Å². The van der Waals surface area contributed by atoms with Crippen LogP contribution in [-0.2, 0) is 9.63 Å². The summed E-state index contributed by atoms with van der Waals surface area (Å²) in [5.41, 5.74) is 6.36. The fourth-order valence-electron chi connectivity index (χ4n) is 1.44. The number of carbonyl (C=O) groups excluding carboxylic acids is 1. The highest BCUT2D eigenvalue weighted by Crippen LogP contribution is 2.09. The first-order valence-corrected chi connectivity index (χ1v) is 6.37. The molecule has 1 amide bonds. The molecular formula is C13H13ClN4O3. The van der Waals surface area contributed by atoms with Crippen LogP contribution in [0.2, 0.25) is 5.02 Å². The van der Waals surface area contributed by atoms with E-state index in [9.17, 15) is 4.79 Å². The molecule has 3 N–H and O–H groups in total. The average Bonchev–Trinajstić information content (AvgIpc) is 2.84. The third-order valence-electron chi connectivity index (χ3n) is 2.39. The number of hydrogen-bond donors (Lipinski definition) is 2. The fourth-order valence-corrected chi connectivity index (χ4v) is 1.56. The molecule has 0 aliphatic heterocycles. The van der Waals surface area contributed by atoms with Crippen molar-refractivity contribution in [3.8, 4) is 0 Å². The molecule has 21 heavy (non-hydrogen) atoms. The average molecular weight is 309 g/mol. The molecule has 0 radical (unpaired) electrons. The number of halogens is 1. The number of aryl methyl sites for hydroxylation is 1. The molecule has 0 aliphatic rings. The van der Waals surface area contributed by atoms with Gasteiger partial charge in [-0.2, -0.15) is 0 Å². The Kier molecular flexibility index (Phi) is 4.78. The van der Waals surface area contributed by atoms with Gasteiger partial charge in [-0.3, -0.25) is 4.79 Å². The Hall–Kier alpha value is -2.54. The molecule has 2 rings (SSSR count). The van der Waals surface area contributed by atoms with Crippen LogP contribution >= 0.6 is 11.6 Å². The topological polar surface area (TPSA) is 103 Å². The molecule has 1 heterocycles. The number of rotatable bonds is 5. The molecular weight excluding hydrogens is 296 g/mol. The van der Waals surface area contributed by atoms with Crippen molar-refractivity contribution < 1.29 is 14.2 Å². The number of hydrogen-bond acceptors (Lipinski definition) is 5. The van der Waals surface area contributed by atoms with Gasteiger partial charge in [0.05, 0.1) is 0 Å². The highest BCUT2D eigenvalue weighted by Gasteiger charge is 2.07. The second-order valence-corrected chi connectivity index (χ2v) is 4.56. The second kappa shape index (κ2) is 6.76. The predicted molar refractivity (Wildman–Crippen MR) is 78.0 cm³/mol. The smallest absolute Gasteiger partial charge is 0.266 e. The molecule has 1 aromatic carbocycles. The number of benzene rings is 1. The molecule has 0 saturated heterocycles. The monoisotopic (exact) mass is 308 g/mol. The highest BCUT2D eigenvalue weighted by molar-refractivity contribution is 6.30. The van der Waals surface area contributed by atoms with Crippen LogP contribution in [0.25, 0.3) is 0 Å². The zero-order chi connectivity index (χ0) is 15.2. The number of amidine groups is 1. The van der Waals surface area contributed by atoms with Crippen molar-refractivity contribution in [3.63, 3.8) is 0 Å². The summed E-state index contributed by atoms with van der Waals surface area (Å²) in [6.45, 7) is 1.43. The number of oxime groups is 1. The summed E-state index contributed by atoms with van der Waals surface area (Å²) >= 11 is 5.76. The van der Waals surface area contributed by atoms with Crippen molar-refractivity contribution >= 4 is 29.2 Å². The lowest BCUT2D eigenvalue weighted by Gasteiger charge is -2.02. The number of nitrogens with zero attached hydrogens (tertiary/aromatic N) is 2. The van der Waals surface area contributed by atoms with Crippen LogP contribution in [0.4, 0.5) is 5.82 Å². The second-order valence-electron chi connectivity index (χ2n) is 4.13. The van der Waals surface area contributed by atoms with Gasteiger partial charge in [0.25, 0.3) is 5.91 Å². The number of nitrogens with two attached hydrogens (primary N) is 1. The molecule has 0 bridgehead atoms. The van der Waals surface area contributed by atoms with Gasteiger partial charge >= 0.3 is 0 Å². The molecule has 8 heteroatoms. The first-order valence-electron chi connectivity index (χ1n) is 5.99. The van der Waals surface area contributed by atoms with E-state index in [1.807, 2.05) is 0 Å². The summed E-state index contributed by atoms with van der Waals surface area (Å²) in [4.78, 5) is 16.4. The van der Waals surface area contributed by atoms with Gasteiger partial charge in [-0.15, -0.1) is 0 Å². The SMILES string of the molecule is Cc1cc(NC(=O)CON=C(N)c2ccc(Cl)cc2)no1. The van der Waals surface area contributed by atoms with Crippen molar-refractivity contribution in [2.45, 2.75) is 6.92 Å². The van der Waals surface area contributed by atoms with E-state index in [2.05, 4.69) is 15.6 Å². The first kappa shape index (κ1) is 14.9. The minimum atomic E-state index is -0.420. The number of carbonyl (C=O) groups is 1. The van der Waals surface area contributed by atoms with Crippen molar-refractivity contribution in [1.29, 1.82) is 0 Å². The summed E-state index contributed by atoms with van der Waals surface area (Å²) in [7, 11) is 0. The highest BCUT2D eigenvalue weighted by atomic mass is 35.5. The van der Waals surface area contributed by atoms with Gasteiger partial charge in [0, 0.05) is 16.7 Å². The Labute approximate surface area is 125 Å². The third-order valence-corrected chi connectivity index (χ3v) is 2.65. The van der Waals surface area contributed by atoms with Crippen molar-refractivity contribution in [3.05, 3.63) is 46.7 Å². The van der Waals surface area contributed by atoms with E-state index in [1.165, 1.54) is 0 Å². The molecule has 0 aliphatic carbocycles. The predicted octanol–water partition coefficient (Wildman–Crippen LogP) is 1.91. The van der Waals surface area contributed by atoms with Crippen LogP contribution < -0.4 is 11.1 Å². The Balaban J connectivity index is 1.83. The molecule has 1 aromatic heterocycles. The van der Waals surface area contributed by atoms with Gasteiger partial charge in [-0.05, 0) is 31.2 Å². The minimum Gasteiger partial charge on any atom is -0.384 e. The van der Waals surface area contributed by atoms with E-state index in [0.717, 1.165) is 0 Å². The number of nitrogens with one attached hydrogen (secondary N) is 1. The van der Waals surface area contributed by atoms with Gasteiger partial charge in [-0.1, -0.05) is 21.9 Å². The number of amides is 1. The Bertz CT molecular complexity index is 652. The van der Waals surface area contributed by atoms with Crippen LogP contribution in [0.1, 0.15) is 11.3 Å². The maximum atomic E-state index is 11.5. The molecule has 110 valence electrons. The molecule has 0 saturated carbocycles. The van der Waals surface area contributed by atoms with Gasteiger partial charge < -0.3 is 20.4 Å². The van der Waals surface area contributed by atoms with Gasteiger partial charge in [-0.25, -0.2) is 0 Å². The number of anilines is 1. The van der Waals surface area contributed by atoms with Crippen LogP contribution in [0, 0.1) is 6.92 Å². The van der Waals surface area contributed by atoms with Crippen LogP contribution in [0.3, 0.4) is 0 Å². The van der Waals surface area contributed by atoms with E-state index >= 15 is 0 Å². The van der Waals surface area contributed by atoms with Crippen LogP contribution in [0.5, 0.6) is 0 Å². The number of aromatic nitrogens is 1. The standard InChI is InChI=1S/C13H13ClN4O3/c1-8-6-11(17-21-8)16-12(19)7-20-18-13(15)9-2-4-10(14)5-3-9/h2-6H,7H2,1H3,(H2,15,18)(H,16,17,19). The largest absolute Gasteiger partial charge is 0.384 e. The lowest BCUT2D eigenvalue weighted by molar-refractivity contribution is -0.120. The lowest BCUT2D eigenvalue weighted by Crippen LogP contribution is -2.19. The van der Waals surface area contributed by atoms with Gasteiger partial charge in [0.15, 0.2) is 18.3 Å². The van der Waals surface area contributed by atoms with E-state index in [4.69, 9.17) is 26.7 Å². The van der Waals surface area contributed by atoms with Crippen LogP contribution in [-0.4, -0.2) is 23.5 Å². The Morgan fingerprint density at radius 3 is 2.81 bits per heavy atom. The maximum absolute atomic E-state index is 11.5. The summed E-state index contributed by atoms with van der Waals surface area (Å²) in [6, 6.07) is 8.34. The Morgan fingerprint density at radius 1 is 1.48 bits per heavy atom. The Morgan fingerprint density at radius 2 is 2.19 bits per heavy atom. The van der Waals surface area contributed by atoms with Crippen molar-refractivity contribution in [2.24, 2.45) is 10.9 Å². The van der Waals surface area contributed by atoms with Crippen molar-refractivity contribution in [2.75, 3.05) is 11.9 Å². The van der Waals surface area contributed by atoms with Gasteiger partial charge in [0.1, 0.15) is 5.76 Å². The quantitative estimate of drug-likeness (QED) is 0.499. The van der Waals surface area contributed by atoms with E-state index in [1.54, 1.807) is 37.3 Å². The maximum Gasteiger partial charge on any atom is 0.266 e. The fraction of sp³-hybridized carbons (Fsp3) is 0.154. The van der Waals surface area contributed by atoms with E-state index in [-0.39, 0.29) is 12.4 Å². The first-order chi connectivity index (χ1) is 10.0. The molecule has 0 fully saturated rings. The van der Waals surface area contributed by atoms with E-state index in [0.29, 0.717) is 22.2 Å². The molecule has 0 unspecified atom stereocenters. The summed E-state index contributed by atoms with van der Waals surface area (Å²) in [6.07, 6.45) is 0. The molecule has 2 aromatic rings. The zero-order valence-electron chi connectivity index (χ0n) is 11.2. The lowest BCUT2D eigenvalue weighted by atomic mass is 10.2. The van der Waals surface area contributed by atoms with Crippen LogP contribution in [0.15, 0.2) is 40.0 Å². The summed E-state index contributed by atoms with van der Waals surface area (Å²) in [5, 5.41) is 10.4. The normalized spacial score (nSPS) is 11.2. The van der Waals surface area contributed by atoms with E-state index < -0.39 is 5.91 Å². The minimum absolute atomic E-state index is 0.150. The third kappa shape index (κ3) is 4.50. The summed E-state index contributed by atoms with van der Waals surface area (Å²) < 4.78 is 4.81. The van der Waals surface area contributed by atoms with Gasteiger partial charge in [0.2, 0.25) is 0 Å². The summed E-state index contributed by atoms with van der Waals surface area (Å²) in [5.74, 6) is 0.639.